The molecule has 2 aliphatic rings. The van der Waals surface area contributed by atoms with E-state index in [1.807, 2.05) is 25.3 Å². The van der Waals surface area contributed by atoms with Gasteiger partial charge in [0.25, 0.3) is 0 Å². The van der Waals surface area contributed by atoms with Crippen LogP contribution < -0.4 is 5.73 Å². The summed E-state index contributed by atoms with van der Waals surface area (Å²) in [6, 6.07) is 6.22. The van der Waals surface area contributed by atoms with E-state index in [9.17, 15) is 5.11 Å². The van der Waals surface area contributed by atoms with Crippen LogP contribution in [0.5, 0.6) is 0 Å². The molecule has 3 rings (SSSR count). The standard InChI is InChI=1S/C15H23N3O/c1-10(16)15(13-4-2-3-7-17-13)18-8-11-5-6-14(19)12(11)9-18/h2-4,7,10-12,14-15,19H,5-6,8-9,16H2,1H3. The molecule has 0 aromatic carbocycles. The molecule has 0 radical (unpaired) electrons. The van der Waals surface area contributed by atoms with Crippen LogP contribution in [-0.4, -0.2) is 40.2 Å². The molecular weight excluding hydrogens is 238 g/mol. The molecule has 0 amide bonds. The van der Waals surface area contributed by atoms with Crippen molar-refractivity contribution in [2.45, 2.75) is 38.0 Å². The van der Waals surface area contributed by atoms with Gasteiger partial charge in [-0.15, -0.1) is 0 Å². The third-order valence-electron chi connectivity index (χ3n) is 4.73. The van der Waals surface area contributed by atoms with Crippen molar-refractivity contribution in [1.29, 1.82) is 0 Å². The van der Waals surface area contributed by atoms with Gasteiger partial charge in [-0.25, -0.2) is 0 Å². The zero-order valence-electron chi connectivity index (χ0n) is 11.4. The van der Waals surface area contributed by atoms with E-state index in [1.54, 1.807) is 0 Å². The normalized spacial score (nSPS) is 34.2. The third kappa shape index (κ3) is 2.40. The Labute approximate surface area is 114 Å². The lowest BCUT2D eigenvalue weighted by atomic mass is 10.00. The lowest BCUT2D eigenvalue weighted by molar-refractivity contribution is 0.114. The Morgan fingerprint density at radius 1 is 1.37 bits per heavy atom. The highest BCUT2D eigenvalue weighted by Gasteiger charge is 2.44. The van der Waals surface area contributed by atoms with Gasteiger partial charge in [-0.2, -0.15) is 0 Å². The van der Waals surface area contributed by atoms with Crippen LogP contribution in [0.1, 0.15) is 31.5 Å². The molecule has 5 unspecified atom stereocenters. The second kappa shape index (κ2) is 5.19. The van der Waals surface area contributed by atoms with Gasteiger partial charge in [0, 0.05) is 31.2 Å². The Kier molecular flexibility index (Phi) is 3.56. The van der Waals surface area contributed by atoms with Gasteiger partial charge < -0.3 is 10.8 Å². The van der Waals surface area contributed by atoms with Crippen molar-refractivity contribution in [1.82, 2.24) is 9.88 Å². The van der Waals surface area contributed by atoms with Gasteiger partial charge in [0.15, 0.2) is 0 Å². The summed E-state index contributed by atoms with van der Waals surface area (Å²) in [5.41, 5.74) is 7.24. The Bertz CT molecular complexity index is 423. The van der Waals surface area contributed by atoms with Crippen LogP contribution >= 0.6 is 0 Å². The molecule has 1 saturated carbocycles. The fourth-order valence-electron chi connectivity index (χ4n) is 3.84. The van der Waals surface area contributed by atoms with Crippen molar-refractivity contribution in [2.75, 3.05) is 13.1 Å². The molecule has 3 N–H and O–H groups in total. The molecule has 1 aliphatic carbocycles. The number of fused-ring (bicyclic) bond motifs is 1. The fourth-order valence-corrected chi connectivity index (χ4v) is 3.84. The number of pyridine rings is 1. The average Bonchev–Trinajstić information content (AvgIpc) is 2.94. The maximum atomic E-state index is 10.0. The smallest absolute Gasteiger partial charge is 0.0671 e. The van der Waals surface area contributed by atoms with E-state index >= 15 is 0 Å². The topological polar surface area (TPSA) is 62.4 Å². The summed E-state index contributed by atoms with van der Waals surface area (Å²) in [6.07, 6.45) is 3.83. The first-order chi connectivity index (χ1) is 9.16. The predicted octanol–water partition coefficient (Wildman–Crippen LogP) is 1.17. The van der Waals surface area contributed by atoms with Crippen LogP contribution in [0.25, 0.3) is 0 Å². The number of nitrogens with two attached hydrogens (primary N) is 1. The van der Waals surface area contributed by atoms with Crippen molar-refractivity contribution < 1.29 is 5.11 Å². The Morgan fingerprint density at radius 3 is 2.84 bits per heavy atom. The number of aliphatic hydroxyl groups is 1. The molecule has 104 valence electrons. The second-order valence-electron chi connectivity index (χ2n) is 6.08. The van der Waals surface area contributed by atoms with Gasteiger partial charge in [-0.05, 0) is 37.8 Å². The van der Waals surface area contributed by atoms with E-state index in [-0.39, 0.29) is 18.2 Å². The van der Waals surface area contributed by atoms with Crippen LogP contribution in [0.4, 0.5) is 0 Å². The highest BCUT2D eigenvalue weighted by molar-refractivity contribution is 5.12. The molecule has 1 aromatic heterocycles. The zero-order valence-corrected chi connectivity index (χ0v) is 11.4. The molecular formula is C15H23N3O. The largest absolute Gasteiger partial charge is 0.393 e. The molecule has 5 atom stereocenters. The molecule has 1 aliphatic heterocycles. The number of hydrogen-bond acceptors (Lipinski definition) is 4. The monoisotopic (exact) mass is 261 g/mol. The predicted molar refractivity (Wildman–Crippen MR) is 74.4 cm³/mol. The first-order valence-electron chi connectivity index (χ1n) is 7.25. The number of likely N-dealkylation sites (tertiary alicyclic amines) is 1. The molecule has 19 heavy (non-hydrogen) atoms. The van der Waals surface area contributed by atoms with E-state index in [2.05, 4.69) is 16.0 Å². The molecule has 0 bridgehead atoms. The maximum absolute atomic E-state index is 10.0. The maximum Gasteiger partial charge on any atom is 0.0671 e. The summed E-state index contributed by atoms with van der Waals surface area (Å²) in [5, 5.41) is 10.0. The van der Waals surface area contributed by atoms with Crippen molar-refractivity contribution in [3.05, 3.63) is 30.1 Å². The average molecular weight is 261 g/mol. The SMILES string of the molecule is CC(N)C(c1ccccn1)N1CC2CCC(O)C2C1. The molecule has 4 heteroatoms. The minimum Gasteiger partial charge on any atom is -0.393 e. The van der Waals surface area contributed by atoms with Crippen molar-refractivity contribution in [3.63, 3.8) is 0 Å². The molecule has 2 fully saturated rings. The van der Waals surface area contributed by atoms with Crippen LogP contribution in [0, 0.1) is 11.8 Å². The Morgan fingerprint density at radius 2 is 2.21 bits per heavy atom. The van der Waals surface area contributed by atoms with Gasteiger partial charge in [-0.3, -0.25) is 9.88 Å². The van der Waals surface area contributed by atoms with Crippen LogP contribution in [0.2, 0.25) is 0 Å². The summed E-state index contributed by atoms with van der Waals surface area (Å²) >= 11 is 0. The highest BCUT2D eigenvalue weighted by atomic mass is 16.3. The number of aliphatic hydroxyl groups excluding tert-OH is 1. The van der Waals surface area contributed by atoms with Gasteiger partial charge >= 0.3 is 0 Å². The molecule has 2 heterocycles. The lowest BCUT2D eigenvalue weighted by Gasteiger charge is -2.31. The van der Waals surface area contributed by atoms with Gasteiger partial charge in [0.1, 0.15) is 0 Å². The quantitative estimate of drug-likeness (QED) is 0.857. The molecule has 0 spiro atoms. The van der Waals surface area contributed by atoms with Gasteiger partial charge in [0.05, 0.1) is 17.8 Å². The number of rotatable bonds is 3. The van der Waals surface area contributed by atoms with Crippen molar-refractivity contribution >= 4 is 0 Å². The van der Waals surface area contributed by atoms with E-state index in [4.69, 9.17) is 5.73 Å². The van der Waals surface area contributed by atoms with E-state index in [1.165, 1.54) is 0 Å². The summed E-state index contributed by atoms with van der Waals surface area (Å²) in [4.78, 5) is 6.90. The Balaban J connectivity index is 1.79. The van der Waals surface area contributed by atoms with Crippen LogP contribution in [0.15, 0.2) is 24.4 Å². The summed E-state index contributed by atoms with van der Waals surface area (Å²) in [5.74, 6) is 1.07. The van der Waals surface area contributed by atoms with Crippen LogP contribution in [0.3, 0.4) is 0 Å². The minimum atomic E-state index is -0.118. The molecule has 1 aromatic rings. The van der Waals surface area contributed by atoms with Crippen molar-refractivity contribution in [3.8, 4) is 0 Å². The van der Waals surface area contributed by atoms with E-state index in [0.717, 1.165) is 31.6 Å². The van der Waals surface area contributed by atoms with Gasteiger partial charge in [-0.1, -0.05) is 6.07 Å². The summed E-state index contributed by atoms with van der Waals surface area (Å²) < 4.78 is 0. The zero-order chi connectivity index (χ0) is 13.4. The van der Waals surface area contributed by atoms with Crippen LogP contribution in [-0.2, 0) is 0 Å². The lowest BCUT2D eigenvalue weighted by Crippen LogP contribution is -2.39. The molecule has 4 nitrogen and oxygen atoms in total. The number of hydrogen-bond donors (Lipinski definition) is 2. The summed E-state index contributed by atoms with van der Waals surface area (Å²) in [7, 11) is 0. The molecule has 1 saturated heterocycles. The third-order valence-corrected chi connectivity index (χ3v) is 4.73. The fraction of sp³-hybridized carbons (Fsp3) is 0.667. The summed E-state index contributed by atoms with van der Waals surface area (Å²) in [6.45, 7) is 4.04. The van der Waals surface area contributed by atoms with Gasteiger partial charge in [0.2, 0.25) is 0 Å². The number of nitrogens with zero attached hydrogens (tertiary/aromatic N) is 2. The van der Waals surface area contributed by atoms with Crippen molar-refractivity contribution in [2.24, 2.45) is 17.6 Å². The highest BCUT2D eigenvalue weighted by Crippen LogP contribution is 2.41. The Hall–Kier alpha value is -0.970. The first kappa shape index (κ1) is 13.0. The van der Waals surface area contributed by atoms with E-state index in [0.29, 0.717) is 11.8 Å². The number of aromatic nitrogens is 1. The first-order valence-corrected chi connectivity index (χ1v) is 7.25. The second-order valence-corrected chi connectivity index (χ2v) is 6.08. The minimum absolute atomic E-state index is 0.0471. The van der Waals surface area contributed by atoms with E-state index < -0.39 is 0 Å².